The van der Waals surface area contributed by atoms with E-state index in [0.29, 0.717) is 34.0 Å². The van der Waals surface area contributed by atoms with Crippen LogP contribution in [0.4, 0.5) is 17.5 Å². The van der Waals surface area contributed by atoms with Crippen molar-refractivity contribution in [3.63, 3.8) is 0 Å². The summed E-state index contributed by atoms with van der Waals surface area (Å²) in [5.41, 5.74) is 2.96. The third-order valence-electron chi connectivity index (χ3n) is 4.13. The molecule has 0 saturated carbocycles. The number of fused-ring (bicyclic) bond motifs is 1. The fourth-order valence-electron chi connectivity index (χ4n) is 2.83. The maximum Gasteiger partial charge on any atom is 0.244 e. The molecule has 136 valence electrons. The average Bonchev–Trinajstić information content (AvgIpc) is 3.09. The first kappa shape index (κ1) is 17.6. The number of nitrogens with one attached hydrogen (secondary N) is 3. The quantitative estimate of drug-likeness (QED) is 0.423. The van der Waals surface area contributed by atoms with Crippen molar-refractivity contribution in [3.05, 3.63) is 70.5 Å². The molecule has 2 heterocycles. The molecule has 0 radical (unpaired) electrons. The fraction of sp³-hybridized carbons (Fsp3) is 0.105. The van der Waals surface area contributed by atoms with Crippen LogP contribution in [0.3, 0.4) is 0 Å². The lowest BCUT2D eigenvalue weighted by atomic mass is 10.1. The fourth-order valence-corrected chi connectivity index (χ4v) is 3.32. The van der Waals surface area contributed by atoms with E-state index >= 15 is 0 Å². The molecule has 4 rings (SSSR count). The zero-order valence-corrected chi connectivity index (χ0v) is 15.7. The molecule has 0 unspecified atom stereocenters. The molecule has 0 saturated heterocycles. The van der Waals surface area contributed by atoms with E-state index in [1.165, 1.54) is 17.1 Å². The molecule has 0 amide bonds. The summed E-state index contributed by atoms with van der Waals surface area (Å²) in [6, 6.07) is 13.5. The minimum Gasteiger partial charge on any atom is -0.361 e. The molecule has 8 heteroatoms. The average molecular weight is 399 g/mol. The number of halogens is 2. The monoisotopic (exact) mass is 398 g/mol. The Kier molecular flexibility index (Phi) is 5.09. The van der Waals surface area contributed by atoms with Gasteiger partial charge >= 0.3 is 0 Å². The van der Waals surface area contributed by atoms with Crippen LogP contribution in [0, 0.1) is 0 Å². The molecule has 0 aliphatic heterocycles. The van der Waals surface area contributed by atoms with Crippen LogP contribution in [-0.4, -0.2) is 26.7 Å². The van der Waals surface area contributed by atoms with Crippen LogP contribution < -0.4 is 10.6 Å². The van der Waals surface area contributed by atoms with Gasteiger partial charge in [-0.2, -0.15) is 10.1 Å². The van der Waals surface area contributed by atoms with Crippen molar-refractivity contribution in [1.82, 2.24) is 20.2 Å². The van der Waals surface area contributed by atoms with Gasteiger partial charge in [0.15, 0.2) is 5.82 Å². The lowest BCUT2D eigenvalue weighted by Gasteiger charge is -2.10. The molecule has 27 heavy (non-hydrogen) atoms. The highest BCUT2D eigenvalue weighted by molar-refractivity contribution is 6.39. The largest absolute Gasteiger partial charge is 0.361 e. The summed E-state index contributed by atoms with van der Waals surface area (Å²) in [5.74, 6) is 0.942. The topological polar surface area (TPSA) is 78.5 Å². The highest BCUT2D eigenvalue weighted by Gasteiger charge is 2.08. The van der Waals surface area contributed by atoms with E-state index < -0.39 is 0 Å². The van der Waals surface area contributed by atoms with E-state index in [1.54, 1.807) is 18.2 Å². The van der Waals surface area contributed by atoms with E-state index in [2.05, 4.69) is 42.9 Å². The van der Waals surface area contributed by atoms with Gasteiger partial charge < -0.3 is 15.6 Å². The van der Waals surface area contributed by atoms with Crippen LogP contribution in [0.15, 0.2) is 54.9 Å². The van der Waals surface area contributed by atoms with Gasteiger partial charge in [-0.15, -0.1) is 5.10 Å². The van der Waals surface area contributed by atoms with Crippen molar-refractivity contribution in [1.29, 1.82) is 0 Å². The summed E-state index contributed by atoms with van der Waals surface area (Å²) < 4.78 is 0. The predicted octanol–water partition coefficient (Wildman–Crippen LogP) is 5.06. The summed E-state index contributed by atoms with van der Waals surface area (Å²) in [6.07, 6.45) is 4.38. The second-order valence-electron chi connectivity index (χ2n) is 5.92. The third kappa shape index (κ3) is 3.97. The second kappa shape index (κ2) is 7.82. The number of rotatable bonds is 6. The second-order valence-corrected chi connectivity index (χ2v) is 6.74. The number of hydrogen-bond donors (Lipinski definition) is 3. The van der Waals surface area contributed by atoms with Crippen molar-refractivity contribution in [2.45, 2.75) is 6.42 Å². The SMILES string of the molecule is Clc1cccc(Cl)c1Nc1cnnc(NCCc2c[nH]c3ccccc23)n1. The molecular weight excluding hydrogens is 383 g/mol. The lowest BCUT2D eigenvalue weighted by molar-refractivity contribution is 0.931. The van der Waals surface area contributed by atoms with E-state index in [1.807, 2.05) is 18.3 Å². The van der Waals surface area contributed by atoms with Crippen LogP contribution >= 0.6 is 23.2 Å². The minimum atomic E-state index is 0.433. The summed E-state index contributed by atoms with van der Waals surface area (Å²) in [5, 5.41) is 16.5. The predicted molar refractivity (Wildman–Crippen MR) is 110 cm³/mol. The molecule has 0 spiro atoms. The Labute approximate surface area is 165 Å². The van der Waals surface area contributed by atoms with E-state index in [4.69, 9.17) is 23.2 Å². The van der Waals surface area contributed by atoms with Gasteiger partial charge in [0.25, 0.3) is 0 Å². The molecule has 0 fully saturated rings. The Morgan fingerprint density at radius 3 is 2.67 bits per heavy atom. The summed E-state index contributed by atoms with van der Waals surface area (Å²) >= 11 is 12.4. The molecule has 2 aromatic carbocycles. The summed E-state index contributed by atoms with van der Waals surface area (Å²) in [6.45, 7) is 0.680. The number of hydrogen-bond acceptors (Lipinski definition) is 5. The van der Waals surface area contributed by atoms with Gasteiger partial charge in [-0.1, -0.05) is 47.5 Å². The standard InChI is InChI=1S/C19H16Cl2N6/c20-14-5-3-6-15(21)18(14)25-17-11-24-27-19(26-17)22-9-8-12-10-23-16-7-2-1-4-13(12)16/h1-7,10-11,23H,8-9H2,(H2,22,25,26,27). The van der Waals surface area contributed by atoms with Crippen molar-refractivity contribution >= 4 is 51.6 Å². The third-order valence-corrected chi connectivity index (χ3v) is 4.76. The number of benzene rings is 2. The highest BCUT2D eigenvalue weighted by Crippen LogP contribution is 2.31. The molecule has 0 bridgehead atoms. The van der Waals surface area contributed by atoms with Crippen molar-refractivity contribution in [2.24, 2.45) is 0 Å². The smallest absolute Gasteiger partial charge is 0.244 e. The summed E-state index contributed by atoms with van der Waals surface area (Å²) in [4.78, 5) is 7.69. The zero-order chi connectivity index (χ0) is 18.6. The maximum absolute atomic E-state index is 6.18. The van der Waals surface area contributed by atoms with Gasteiger partial charge in [0.1, 0.15) is 0 Å². The lowest BCUT2D eigenvalue weighted by Crippen LogP contribution is -2.09. The Hall–Kier alpha value is -2.83. The van der Waals surface area contributed by atoms with E-state index in [0.717, 1.165) is 11.9 Å². The van der Waals surface area contributed by atoms with Gasteiger partial charge in [-0.25, -0.2) is 0 Å². The van der Waals surface area contributed by atoms with Gasteiger partial charge in [0.05, 0.1) is 21.9 Å². The first-order valence-corrected chi connectivity index (χ1v) is 9.16. The minimum absolute atomic E-state index is 0.433. The molecule has 0 atom stereocenters. The van der Waals surface area contributed by atoms with Crippen molar-refractivity contribution in [2.75, 3.05) is 17.2 Å². The van der Waals surface area contributed by atoms with Crippen LogP contribution in [0.2, 0.25) is 10.0 Å². The Morgan fingerprint density at radius 1 is 1.00 bits per heavy atom. The normalized spacial score (nSPS) is 10.9. The van der Waals surface area contributed by atoms with Gasteiger partial charge in [-0.05, 0) is 30.2 Å². The van der Waals surface area contributed by atoms with E-state index in [9.17, 15) is 0 Å². The molecule has 2 aromatic heterocycles. The first-order chi connectivity index (χ1) is 13.2. The van der Waals surface area contributed by atoms with E-state index in [-0.39, 0.29) is 0 Å². The number of H-pyrrole nitrogens is 1. The van der Waals surface area contributed by atoms with Crippen molar-refractivity contribution < 1.29 is 0 Å². The number of nitrogens with zero attached hydrogens (tertiary/aromatic N) is 3. The first-order valence-electron chi connectivity index (χ1n) is 8.40. The molecule has 3 N–H and O–H groups in total. The molecule has 4 aromatic rings. The van der Waals surface area contributed by atoms with Crippen LogP contribution in [0.25, 0.3) is 10.9 Å². The Morgan fingerprint density at radius 2 is 1.81 bits per heavy atom. The number of para-hydroxylation sites is 2. The van der Waals surface area contributed by atoms with Crippen molar-refractivity contribution in [3.8, 4) is 0 Å². The number of anilines is 3. The van der Waals surface area contributed by atoms with Crippen LogP contribution in [0.5, 0.6) is 0 Å². The van der Waals surface area contributed by atoms with Crippen LogP contribution in [-0.2, 0) is 6.42 Å². The Bertz CT molecular complexity index is 1060. The van der Waals surface area contributed by atoms with Gasteiger partial charge in [-0.3, -0.25) is 0 Å². The number of aromatic amines is 1. The maximum atomic E-state index is 6.18. The Balaban J connectivity index is 1.42. The van der Waals surface area contributed by atoms with Crippen LogP contribution in [0.1, 0.15) is 5.56 Å². The molecular formula is C19H16Cl2N6. The summed E-state index contributed by atoms with van der Waals surface area (Å²) in [7, 11) is 0. The zero-order valence-electron chi connectivity index (χ0n) is 14.2. The number of aromatic nitrogens is 4. The van der Waals surface area contributed by atoms with Gasteiger partial charge in [0.2, 0.25) is 5.95 Å². The van der Waals surface area contributed by atoms with Gasteiger partial charge in [0, 0.05) is 23.6 Å². The molecule has 0 aliphatic rings. The molecule has 6 nitrogen and oxygen atoms in total. The molecule has 0 aliphatic carbocycles. The highest BCUT2D eigenvalue weighted by atomic mass is 35.5.